The Balaban J connectivity index is 1.56. The summed E-state index contributed by atoms with van der Waals surface area (Å²) in [6, 6.07) is 7.32. The second-order valence-corrected chi connectivity index (χ2v) is 9.21. The largest absolute Gasteiger partial charge is 0.469 e. The Bertz CT molecular complexity index is 1100. The van der Waals surface area contributed by atoms with E-state index in [0.717, 1.165) is 21.5 Å². The molecule has 0 N–H and O–H groups in total. The number of likely N-dealkylation sites (tertiary alicyclic amines) is 1. The van der Waals surface area contributed by atoms with Crippen LogP contribution in [0.15, 0.2) is 24.3 Å². The van der Waals surface area contributed by atoms with Gasteiger partial charge in [-0.15, -0.1) is 11.3 Å². The minimum atomic E-state index is -0.196. The number of benzene rings is 1. The van der Waals surface area contributed by atoms with Gasteiger partial charge in [-0.1, -0.05) is 29.3 Å². The van der Waals surface area contributed by atoms with E-state index in [-0.39, 0.29) is 17.8 Å². The second-order valence-electron chi connectivity index (χ2n) is 7.36. The normalized spacial score (nSPS) is 15.0. The lowest BCUT2D eigenvalue weighted by Gasteiger charge is -2.30. The fourth-order valence-electron chi connectivity index (χ4n) is 3.80. The van der Waals surface area contributed by atoms with Crippen molar-refractivity contribution in [2.75, 3.05) is 20.2 Å². The first-order valence-corrected chi connectivity index (χ1v) is 11.2. The number of nitrogens with zero attached hydrogens (tertiary/aromatic N) is 3. The molecule has 2 aromatic heterocycles. The van der Waals surface area contributed by atoms with Crippen LogP contribution < -0.4 is 0 Å². The van der Waals surface area contributed by atoms with Crippen LogP contribution in [0.25, 0.3) is 10.2 Å². The first-order valence-electron chi connectivity index (χ1n) is 9.66. The zero-order valence-corrected chi connectivity index (χ0v) is 19.0. The van der Waals surface area contributed by atoms with Gasteiger partial charge in [-0.2, -0.15) is 5.10 Å². The Kier molecular flexibility index (Phi) is 6.04. The fraction of sp³-hybridized carbons (Fsp3) is 0.381. The number of methoxy groups -OCH3 is 1. The van der Waals surface area contributed by atoms with Crippen LogP contribution in [0.3, 0.4) is 0 Å². The van der Waals surface area contributed by atoms with Crippen molar-refractivity contribution in [2.24, 2.45) is 5.92 Å². The van der Waals surface area contributed by atoms with Crippen molar-refractivity contribution < 1.29 is 14.3 Å². The van der Waals surface area contributed by atoms with E-state index < -0.39 is 0 Å². The molecule has 0 saturated carbocycles. The average molecular weight is 466 g/mol. The lowest BCUT2D eigenvalue weighted by molar-refractivity contribution is -0.146. The number of aromatic nitrogens is 2. The number of aryl methyl sites for hydroxylation is 1. The number of piperidine rings is 1. The zero-order valence-electron chi connectivity index (χ0n) is 16.7. The molecule has 9 heteroatoms. The molecule has 0 unspecified atom stereocenters. The molecule has 4 rings (SSSR count). The Labute approximate surface area is 188 Å². The lowest BCUT2D eigenvalue weighted by atomic mass is 9.97. The number of hydrogen-bond donors (Lipinski definition) is 0. The smallest absolute Gasteiger partial charge is 0.308 e. The van der Waals surface area contributed by atoms with Crippen LogP contribution >= 0.6 is 34.5 Å². The van der Waals surface area contributed by atoms with Gasteiger partial charge in [0.05, 0.1) is 30.1 Å². The Morgan fingerprint density at radius 3 is 2.53 bits per heavy atom. The molecule has 0 radical (unpaired) electrons. The maximum atomic E-state index is 13.1. The van der Waals surface area contributed by atoms with E-state index in [1.54, 1.807) is 12.1 Å². The standard InChI is InChI=1S/C21H21Cl2N3O3S/c1-12-14-10-18(19(27)25-8-6-13(7-9-25)21(28)29-2)30-20(14)26(24-12)11-15-16(22)4-3-5-17(15)23/h3-5,10,13H,6-9,11H2,1-2H3. The first-order chi connectivity index (χ1) is 14.4. The number of amides is 1. The maximum Gasteiger partial charge on any atom is 0.308 e. The monoisotopic (exact) mass is 465 g/mol. The Morgan fingerprint density at radius 1 is 1.23 bits per heavy atom. The van der Waals surface area contributed by atoms with E-state index >= 15 is 0 Å². The summed E-state index contributed by atoms with van der Waals surface area (Å²) in [5.41, 5.74) is 1.66. The lowest BCUT2D eigenvalue weighted by Crippen LogP contribution is -2.40. The molecule has 30 heavy (non-hydrogen) atoms. The summed E-state index contributed by atoms with van der Waals surface area (Å²) < 4.78 is 6.67. The quantitative estimate of drug-likeness (QED) is 0.519. The molecular formula is C21H21Cl2N3O3S. The van der Waals surface area contributed by atoms with Gasteiger partial charge in [0.1, 0.15) is 4.83 Å². The molecular weight excluding hydrogens is 445 g/mol. The Morgan fingerprint density at radius 2 is 1.90 bits per heavy atom. The van der Waals surface area contributed by atoms with Crippen LogP contribution in [0.1, 0.15) is 33.8 Å². The van der Waals surface area contributed by atoms with Crippen LogP contribution in [0.2, 0.25) is 10.0 Å². The van der Waals surface area contributed by atoms with Crippen molar-refractivity contribution in [1.82, 2.24) is 14.7 Å². The molecule has 3 heterocycles. The van der Waals surface area contributed by atoms with Gasteiger partial charge in [0.15, 0.2) is 0 Å². The van der Waals surface area contributed by atoms with Crippen molar-refractivity contribution in [3.05, 3.63) is 50.4 Å². The van der Waals surface area contributed by atoms with E-state index in [1.807, 2.05) is 28.6 Å². The van der Waals surface area contributed by atoms with Crippen LogP contribution in [0.5, 0.6) is 0 Å². The summed E-state index contributed by atoms with van der Waals surface area (Å²) >= 11 is 14.1. The third-order valence-electron chi connectivity index (χ3n) is 5.50. The van der Waals surface area contributed by atoms with Crippen molar-refractivity contribution in [1.29, 1.82) is 0 Å². The topological polar surface area (TPSA) is 64.4 Å². The third kappa shape index (κ3) is 3.94. The highest BCUT2D eigenvalue weighted by molar-refractivity contribution is 7.20. The number of thiophene rings is 1. The second kappa shape index (κ2) is 8.57. The molecule has 1 saturated heterocycles. The van der Waals surface area contributed by atoms with Crippen LogP contribution in [-0.2, 0) is 16.1 Å². The molecule has 158 valence electrons. The predicted octanol–water partition coefficient (Wildman–Crippen LogP) is 4.79. The molecule has 0 atom stereocenters. The maximum absolute atomic E-state index is 13.1. The van der Waals surface area contributed by atoms with Gasteiger partial charge in [0.2, 0.25) is 0 Å². The van der Waals surface area contributed by atoms with E-state index in [1.165, 1.54) is 18.4 Å². The summed E-state index contributed by atoms with van der Waals surface area (Å²) in [5, 5.41) is 6.74. The number of carbonyl (C=O) groups excluding carboxylic acids is 2. The summed E-state index contributed by atoms with van der Waals surface area (Å²) in [6.45, 7) is 3.46. The minimum Gasteiger partial charge on any atom is -0.469 e. The molecule has 0 spiro atoms. The summed E-state index contributed by atoms with van der Waals surface area (Å²) in [7, 11) is 1.40. The number of carbonyl (C=O) groups is 2. The molecule has 3 aromatic rings. The van der Waals surface area contributed by atoms with Gasteiger partial charge in [-0.05, 0) is 38.0 Å². The third-order valence-corrected chi connectivity index (χ3v) is 7.35. The fourth-order valence-corrected chi connectivity index (χ4v) is 5.44. The number of halogens is 2. The van der Waals surface area contributed by atoms with Gasteiger partial charge >= 0.3 is 5.97 Å². The predicted molar refractivity (Wildman–Crippen MR) is 119 cm³/mol. The van der Waals surface area contributed by atoms with Gasteiger partial charge < -0.3 is 9.64 Å². The summed E-state index contributed by atoms with van der Waals surface area (Å²) in [6.07, 6.45) is 1.25. The number of esters is 1. The number of ether oxygens (including phenoxy) is 1. The molecule has 0 aliphatic carbocycles. The molecule has 1 aromatic carbocycles. The van der Waals surface area contributed by atoms with Crippen LogP contribution in [-0.4, -0.2) is 46.8 Å². The zero-order chi connectivity index (χ0) is 21.4. The number of hydrogen-bond acceptors (Lipinski definition) is 5. The summed E-state index contributed by atoms with van der Waals surface area (Å²) in [4.78, 5) is 28.2. The van der Waals surface area contributed by atoms with Crippen LogP contribution in [0.4, 0.5) is 0 Å². The number of fused-ring (bicyclic) bond motifs is 1. The van der Waals surface area contributed by atoms with E-state index in [9.17, 15) is 9.59 Å². The van der Waals surface area contributed by atoms with E-state index in [4.69, 9.17) is 27.9 Å². The molecule has 1 amide bonds. The average Bonchev–Trinajstić information content (AvgIpc) is 3.31. The van der Waals surface area contributed by atoms with Crippen molar-refractivity contribution in [2.45, 2.75) is 26.3 Å². The van der Waals surface area contributed by atoms with Gasteiger partial charge in [-0.25, -0.2) is 4.68 Å². The molecule has 1 aliphatic heterocycles. The van der Waals surface area contributed by atoms with E-state index in [2.05, 4.69) is 5.10 Å². The van der Waals surface area contributed by atoms with Crippen molar-refractivity contribution in [3.63, 3.8) is 0 Å². The van der Waals surface area contributed by atoms with Gasteiger partial charge in [0.25, 0.3) is 5.91 Å². The molecule has 0 bridgehead atoms. The van der Waals surface area contributed by atoms with E-state index in [0.29, 0.717) is 47.4 Å². The van der Waals surface area contributed by atoms with Gasteiger partial charge in [-0.3, -0.25) is 9.59 Å². The highest BCUT2D eigenvalue weighted by Crippen LogP contribution is 2.32. The Hall–Kier alpha value is -2.09. The summed E-state index contributed by atoms with van der Waals surface area (Å²) in [5.74, 6) is -0.336. The highest BCUT2D eigenvalue weighted by atomic mass is 35.5. The SMILES string of the molecule is COC(=O)C1CCN(C(=O)c2cc3c(C)nn(Cc4c(Cl)cccc4Cl)c3s2)CC1. The molecule has 1 aliphatic rings. The first kappa shape index (κ1) is 21.2. The number of rotatable bonds is 4. The van der Waals surface area contributed by atoms with Crippen molar-refractivity contribution in [3.8, 4) is 0 Å². The van der Waals surface area contributed by atoms with Crippen molar-refractivity contribution >= 4 is 56.6 Å². The molecule has 6 nitrogen and oxygen atoms in total. The van der Waals surface area contributed by atoms with Gasteiger partial charge in [0, 0.05) is 34.1 Å². The minimum absolute atomic E-state index is 0.0127. The highest BCUT2D eigenvalue weighted by Gasteiger charge is 2.29. The van der Waals surface area contributed by atoms with Crippen LogP contribution in [0, 0.1) is 12.8 Å². The molecule has 1 fully saturated rings.